The van der Waals surface area contributed by atoms with Crippen LogP contribution < -0.4 is 0 Å². The molecule has 0 saturated carbocycles. The molecule has 0 radical (unpaired) electrons. The molecule has 1 rings (SSSR count). The van der Waals surface area contributed by atoms with E-state index in [9.17, 15) is 0 Å². The average molecular weight is 233 g/mol. The molecule has 0 bridgehead atoms. The van der Waals surface area contributed by atoms with Gasteiger partial charge in [0, 0.05) is 0 Å². The van der Waals surface area contributed by atoms with Crippen molar-refractivity contribution in [3.05, 3.63) is 36.5 Å². The van der Waals surface area contributed by atoms with Crippen molar-refractivity contribution in [1.29, 1.82) is 0 Å². The topological polar surface area (TPSA) is 3.24 Å². The van der Waals surface area contributed by atoms with E-state index < -0.39 is 8.24 Å². The predicted molar refractivity (Wildman–Crippen MR) is 78.1 cm³/mol. The van der Waals surface area contributed by atoms with Gasteiger partial charge in [-0.1, -0.05) is 64.9 Å². The van der Waals surface area contributed by atoms with Crippen molar-refractivity contribution in [2.24, 2.45) is 0 Å². The SMILES string of the molecule is C=CC1=CC=CN([Si](C)(C)C(C)(C)C)B1C. The molecule has 0 aromatic heterocycles. The molecule has 1 aliphatic rings. The fraction of sp³-hybridized carbons (Fsp3) is 0.538. The van der Waals surface area contributed by atoms with Crippen LogP contribution in [0.2, 0.25) is 25.0 Å². The van der Waals surface area contributed by atoms with Crippen LogP contribution in [0, 0.1) is 0 Å². The summed E-state index contributed by atoms with van der Waals surface area (Å²) in [5, 5.41) is 0.370. The van der Waals surface area contributed by atoms with Crippen molar-refractivity contribution in [3.63, 3.8) is 0 Å². The molecule has 0 saturated heterocycles. The Morgan fingerprint density at radius 2 is 1.94 bits per heavy atom. The zero-order chi connectivity index (χ0) is 12.6. The summed E-state index contributed by atoms with van der Waals surface area (Å²) in [5.74, 6) is 0. The highest BCUT2D eigenvalue weighted by atomic mass is 28.3. The van der Waals surface area contributed by atoms with Crippen LogP contribution in [0.15, 0.2) is 36.5 Å². The van der Waals surface area contributed by atoms with Crippen LogP contribution in [0.25, 0.3) is 0 Å². The smallest absolute Gasteiger partial charge is 0.276 e. The van der Waals surface area contributed by atoms with Gasteiger partial charge in [0.05, 0.1) is 0 Å². The van der Waals surface area contributed by atoms with Gasteiger partial charge >= 0.3 is 0 Å². The van der Waals surface area contributed by atoms with Gasteiger partial charge < -0.3 is 4.48 Å². The van der Waals surface area contributed by atoms with Crippen LogP contribution >= 0.6 is 0 Å². The minimum Gasteiger partial charge on any atom is -0.444 e. The summed E-state index contributed by atoms with van der Waals surface area (Å²) in [6.07, 6.45) is 8.56. The largest absolute Gasteiger partial charge is 0.444 e. The molecule has 0 aliphatic carbocycles. The van der Waals surface area contributed by atoms with E-state index in [0.29, 0.717) is 11.9 Å². The first kappa shape index (κ1) is 13.4. The molecule has 0 amide bonds. The third-order valence-corrected chi connectivity index (χ3v) is 9.65. The monoisotopic (exact) mass is 233 g/mol. The van der Waals surface area contributed by atoms with E-state index in [-0.39, 0.29) is 0 Å². The van der Waals surface area contributed by atoms with E-state index in [1.165, 1.54) is 5.47 Å². The Hall–Kier alpha value is -0.698. The van der Waals surface area contributed by atoms with E-state index in [2.05, 4.69) is 70.1 Å². The van der Waals surface area contributed by atoms with E-state index in [1.54, 1.807) is 0 Å². The number of allylic oxidation sites excluding steroid dienone is 4. The molecule has 16 heavy (non-hydrogen) atoms. The van der Waals surface area contributed by atoms with Gasteiger partial charge in [-0.05, 0) is 17.3 Å². The van der Waals surface area contributed by atoms with Crippen molar-refractivity contribution in [3.8, 4) is 0 Å². The summed E-state index contributed by atoms with van der Waals surface area (Å²) < 4.78 is 2.57. The van der Waals surface area contributed by atoms with Crippen molar-refractivity contribution in [2.45, 2.75) is 45.7 Å². The minimum atomic E-state index is -1.47. The molecule has 1 heterocycles. The molecular formula is C13H24BNSi. The van der Waals surface area contributed by atoms with Gasteiger partial charge in [0.2, 0.25) is 0 Å². The van der Waals surface area contributed by atoms with E-state index >= 15 is 0 Å². The Kier molecular flexibility index (Phi) is 3.58. The molecule has 0 aromatic carbocycles. The lowest BCUT2D eigenvalue weighted by atomic mass is 9.57. The summed E-state index contributed by atoms with van der Waals surface area (Å²) in [4.78, 5) is 0. The molecule has 88 valence electrons. The molecule has 0 N–H and O–H groups in total. The zero-order valence-corrected chi connectivity index (χ0v) is 12.5. The van der Waals surface area contributed by atoms with Crippen LogP contribution in [0.3, 0.4) is 0 Å². The Bertz CT molecular complexity index is 336. The van der Waals surface area contributed by atoms with Crippen molar-refractivity contribution in [1.82, 2.24) is 4.48 Å². The summed E-state index contributed by atoms with van der Waals surface area (Å²) in [6, 6.07) is 0. The van der Waals surface area contributed by atoms with Gasteiger partial charge in [-0.2, -0.15) is 0 Å². The second kappa shape index (κ2) is 4.28. The first-order valence-corrected chi connectivity index (χ1v) is 8.96. The molecule has 0 unspecified atom stereocenters. The molecule has 0 aromatic rings. The lowest BCUT2D eigenvalue weighted by molar-refractivity contribution is 0.652. The van der Waals surface area contributed by atoms with Crippen molar-refractivity contribution < 1.29 is 0 Å². The second-order valence-corrected chi connectivity index (χ2v) is 11.2. The van der Waals surface area contributed by atoms with Crippen molar-refractivity contribution >= 4 is 15.1 Å². The van der Waals surface area contributed by atoms with Gasteiger partial charge in [0.1, 0.15) is 8.24 Å². The fourth-order valence-corrected chi connectivity index (χ4v) is 4.32. The van der Waals surface area contributed by atoms with Crippen LogP contribution in [0.4, 0.5) is 0 Å². The second-order valence-electron chi connectivity index (χ2n) is 6.10. The lowest BCUT2D eigenvalue weighted by Crippen LogP contribution is -2.58. The highest BCUT2D eigenvalue weighted by Crippen LogP contribution is 2.40. The minimum absolute atomic E-state index is 0.370. The van der Waals surface area contributed by atoms with Crippen LogP contribution in [-0.2, 0) is 0 Å². The maximum atomic E-state index is 3.90. The quantitative estimate of drug-likeness (QED) is 0.649. The maximum Gasteiger partial charge on any atom is 0.276 e. The lowest BCUT2D eigenvalue weighted by Gasteiger charge is -2.49. The summed E-state index contributed by atoms with van der Waals surface area (Å²) in [5.41, 5.74) is 1.33. The first-order chi connectivity index (χ1) is 7.21. The summed E-state index contributed by atoms with van der Waals surface area (Å²) >= 11 is 0. The normalized spacial score (nSPS) is 17.5. The van der Waals surface area contributed by atoms with Crippen LogP contribution in [0.5, 0.6) is 0 Å². The summed E-state index contributed by atoms with van der Waals surface area (Å²) in [7, 11) is -1.47. The molecule has 1 aliphatic heterocycles. The van der Waals surface area contributed by atoms with Gasteiger partial charge in [-0.25, -0.2) is 0 Å². The van der Waals surface area contributed by atoms with Gasteiger partial charge in [-0.15, -0.1) is 0 Å². The number of rotatable bonds is 2. The highest BCUT2D eigenvalue weighted by molar-refractivity contribution is 6.88. The predicted octanol–water partition coefficient (Wildman–Crippen LogP) is 4.09. The van der Waals surface area contributed by atoms with E-state index in [4.69, 9.17) is 0 Å². The number of nitrogens with zero attached hydrogens (tertiary/aromatic N) is 1. The Morgan fingerprint density at radius 3 is 2.38 bits per heavy atom. The van der Waals surface area contributed by atoms with E-state index in [1.807, 2.05) is 6.08 Å². The number of hydrogen-bond donors (Lipinski definition) is 0. The highest BCUT2D eigenvalue weighted by Gasteiger charge is 2.43. The molecule has 0 spiro atoms. The van der Waals surface area contributed by atoms with Gasteiger partial charge in [-0.3, -0.25) is 0 Å². The van der Waals surface area contributed by atoms with Crippen LogP contribution in [-0.4, -0.2) is 19.6 Å². The Balaban J connectivity index is 3.04. The third-order valence-electron chi connectivity index (χ3n) is 4.15. The zero-order valence-electron chi connectivity index (χ0n) is 11.5. The molecular weight excluding hydrogens is 209 g/mol. The third kappa shape index (κ3) is 2.19. The fourth-order valence-electron chi connectivity index (χ4n) is 1.97. The molecule has 0 atom stereocenters. The van der Waals surface area contributed by atoms with Gasteiger partial charge in [0.15, 0.2) is 0 Å². The summed E-state index contributed by atoms with van der Waals surface area (Å²) in [6.45, 7) is 18.6. The molecule has 1 nitrogen and oxygen atoms in total. The number of hydrogen-bond acceptors (Lipinski definition) is 1. The van der Waals surface area contributed by atoms with Gasteiger partial charge in [0.25, 0.3) is 6.85 Å². The maximum absolute atomic E-state index is 3.90. The van der Waals surface area contributed by atoms with Crippen molar-refractivity contribution in [2.75, 3.05) is 0 Å². The average Bonchev–Trinajstić information content (AvgIpc) is 2.16. The Labute approximate surface area is 102 Å². The Morgan fingerprint density at radius 1 is 1.38 bits per heavy atom. The van der Waals surface area contributed by atoms with E-state index in [0.717, 1.165) is 0 Å². The molecule has 3 heteroatoms. The van der Waals surface area contributed by atoms with Crippen LogP contribution in [0.1, 0.15) is 20.8 Å². The first-order valence-electron chi connectivity index (χ1n) is 6.01. The molecule has 0 fully saturated rings. The standard InChI is InChI=1S/C13H24BNSi/c1-8-12-10-9-11-15(14(12)5)16(6,7)13(2,3)4/h8-11H,1H2,2-7H3.